The number of amides is 1. The predicted octanol–water partition coefficient (Wildman–Crippen LogP) is 4.35. The lowest BCUT2D eigenvalue weighted by atomic mass is 10.1. The number of alkyl halides is 5. The van der Waals surface area contributed by atoms with Crippen LogP contribution >= 0.6 is 0 Å². The Morgan fingerprint density at radius 2 is 1.87 bits per heavy atom. The number of benzene rings is 2. The molecule has 4 rings (SSSR count). The van der Waals surface area contributed by atoms with Crippen molar-refractivity contribution >= 4 is 15.9 Å². The Morgan fingerprint density at radius 1 is 1.13 bits per heavy atom. The second-order valence-electron chi connectivity index (χ2n) is 8.56. The minimum atomic E-state index is -4.42. The van der Waals surface area contributed by atoms with E-state index < -0.39 is 45.2 Å². The molecule has 3 aromatic rings. The van der Waals surface area contributed by atoms with Gasteiger partial charge in [0.15, 0.2) is 0 Å². The Kier molecular flexibility index (Phi) is 8.02. The van der Waals surface area contributed by atoms with Gasteiger partial charge in [-0.05, 0) is 48.2 Å². The van der Waals surface area contributed by atoms with E-state index in [1.807, 2.05) is 0 Å². The predicted molar refractivity (Wildman–Crippen MR) is 124 cm³/mol. The lowest BCUT2D eigenvalue weighted by Gasteiger charge is -2.22. The first-order chi connectivity index (χ1) is 17.9. The fourth-order valence-corrected chi connectivity index (χ4v) is 5.59. The number of sulfonamides is 1. The van der Waals surface area contributed by atoms with Crippen molar-refractivity contribution in [1.82, 2.24) is 19.4 Å². The number of hydrogen-bond acceptors (Lipinski definition) is 5. The first kappa shape index (κ1) is 27.5. The van der Waals surface area contributed by atoms with Crippen molar-refractivity contribution in [1.29, 1.82) is 0 Å². The molecule has 1 fully saturated rings. The molecule has 1 aliphatic heterocycles. The van der Waals surface area contributed by atoms with E-state index in [1.165, 1.54) is 12.1 Å². The molecular weight excluding hydrogens is 535 g/mol. The molecule has 1 saturated heterocycles. The van der Waals surface area contributed by atoms with Gasteiger partial charge in [-0.1, -0.05) is 24.3 Å². The Hall–Kier alpha value is -3.52. The molecule has 38 heavy (non-hydrogen) atoms. The maximum absolute atomic E-state index is 12.9. The normalized spacial score (nSPS) is 16.6. The summed E-state index contributed by atoms with van der Waals surface area (Å²) in [5, 5.41) is 6.05. The lowest BCUT2D eigenvalue weighted by molar-refractivity contribution is -0.137. The van der Waals surface area contributed by atoms with Gasteiger partial charge in [0.25, 0.3) is 0 Å². The average Bonchev–Trinajstić information content (AvgIpc) is 3.57. The van der Waals surface area contributed by atoms with E-state index in [0.29, 0.717) is 23.3 Å². The van der Waals surface area contributed by atoms with Gasteiger partial charge in [0.05, 0.1) is 18.0 Å². The lowest BCUT2D eigenvalue weighted by Crippen LogP contribution is -2.45. The quantitative estimate of drug-likeness (QED) is 0.395. The van der Waals surface area contributed by atoms with Gasteiger partial charge in [0, 0.05) is 13.1 Å². The summed E-state index contributed by atoms with van der Waals surface area (Å²) in [7, 11) is -4.21. The second kappa shape index (κ2) is 11.1. The first-order valence-corrected chi connectivity index (χ1v) is 12.9. The summed E-state index contributed by atoms with van der Waals surface area (Å²) in [5.41, 5.74) is 0.433. The highest BCUT2D eigenvalue weighted by Gasteiger charge is 2.40. The third-order valence-corrected chi connectivity index (χ3v) is 7.80. The van der Waals surface area contributed by atoms with Crippen LogP contribution in [0.5, 0.6) is 5.75 Å². The molecule has 0 saturated carbocycles. The number of aromatic nitrogens is 2. The first-order valence-electron chi connectivity index (χ1n) is 11.4. The van der Waals surface area contributed by atoms with Crippen molar-refractivity contribution in [3.63, 3.8) is 0 Å². The fraction of sp³-hybridized carbons (Fsp3) is 0.333. The van der Waals surface area contributed by atoms with Crippen molar-refractivity contribution in [2.24, 2.45) is 0 Å². The minimum Gasteiger partial charge on any atom is -0.489 e. The van der Waals surface area contributed by atoms with Crippen LogP contribution in [-0.2, 0) is 34.1 Å². The second-order valence-corrected chi connectivity index (χ2v) is 10.4. The van der Waals surface area contributed by atoms with Crippen molar-refractivity contribution in [2.75, 3.05) is 6.54 Å². The van der Waals surface area contributed by atoms with Crippen LogP contribution in [0.2, 0.25) is 0 Å². The third-order valence-electron chi connectivity index (χ3n) is 5.94. The van der Waals surface area contributed by atoms with Crippen LogP contribution < -0.4 is 10.1 Å². The summed E-state index contributed by atoms with van der Waals surface area (Å²) in [5.74, 6) is -0.110. The molecule has 0 spiro atoms. The van der Waals surface area contributed by atoms with Gasteiger partial charge in [-0.25, -0.2) is 13.1 Å². The largest absolute Gasteiger partial charge is 0.489 e. The summed E-state index contributed by atoms with van der Waals surface area (Å²) >= 11 is 0. The maximum atomic E-state index is 12.9. The van der Waals surface area contributed by atoms with Crippen molar-refractivity contribution in [3.05, 3.63) is 77.6 Å². The molecule has 1 N–H and O–H groups in total. The van der Waals surface area contributed by atoms with Gasteiger partial charge >= 0.3 is 12.7 Å². The highest BCUT2D eigenvalue weighted by molar-refractivity contribution is 7.89. The van der Waals surface area contributed by atoms with Crippen LogP contribution in [0.4, 0.5) is 22.0 Å². The monoisotopic (exact) mass is 558 g/mol. The molecule has 204 valence electrons. The average molecular weight is 559 g/mol. The number of nitrogens with zero attached hydrogens (tertiary/aromatic N) is 3. The summed E-state index contributed by atoms with van der Waals surface area (Å²) in [6.45, 7) is -2.84. The number of carbonyl (C=O) groups is 1. The van der Waals surface area contributed by atoms with E-state index >= 15 is 0 Å². The molecule has 0 aliphatic carbocycles. The standard InChI is InChI=1S/C24H23F5N4O4S/c25-23(26)32-14-20(13-31-32)38(35,36)33-10-2-5-21(33)22(34)30-12-17-3-1-4-19(11-17)37-15-16-6-8-18(9-7-16)24(27,28)29/h1,3-4,6-9,11,13-14,21,23H,2,5,10,12,15H2,(H,30,34)/t21-/m0/s1. The number of ether oxygens (including phenoxy) is 1. The van der Waals surface area contributed by atoms with E-state index in [1.54, 1.807) is 24.3 Å². The van der Waals surface area contributed by atoms with E-state index in [9.17, 15) is 35.2 Å². The number of halogens is 5. The topological polar surface area (TPSA) is 93.5 Å². The SMILES string of the molecule is O=C(NCc1cccc(OCc2ccc(C(F)(F)F)cc2)c1)[C@@H]1CCCN1S(=O)(=O)c1cnn(C(F)F)c1. The number of nitrogens with one attached hydrogen (secondary N) is 1. The summed E-state index contributed by atoms with van der Waals surface area (Å²) < 4.78 is 96.5. The molecule has 0 unspecified atom stereocenters. The van der Waals surface area contributed by atoms with Crippen LogP contribution in [-0.4, -0.2) is 41.0 Å². The van der Waals surface area contributed by atoms with Crippen LogP contribution in [0.3, 0.4) is 0 Å². The Balaban J connectivity index is 1.35. The van der Waals surface area contributed by atoms with Crippen LogP contribution in [0, 0.1) is 0 Å². The molecule has 1 aliphatic rings. The zero-order chi connectivity index (χ0) is 27.5. The van der Waals surface area contributed by atoms with Crippen LogP contribution in [0.25, 0.3) is 0 Å². The van der Waals surface area contributed by atoms with Gasteiger partial charge in [0.1, 0.15) is 23.3 Å². The Morgan fingerprint density at radius 3 is 2.53 bits per heavy atom. The highest BCUT2D eigenvalue weighted by Crippen LogP contribution is 2.29. The molecular formula is C24H23F5N4O4S. The molecule has 14 heteroatoms. The summed E-state index contributed by atoms with van der Waals surface area (Å²) in [4.78, 5) is 12.4. The van der Waals surface area contributed by atoms with Gasteiger partial charge in [-0.3, -0.25) is 4.79 Å². The number of carbonyl (C=O) groups excluding carboxylic acids is 1. The maximum Gasteiger partial charge on any atom is 0.416 e. The van der Waals surface area contributed by atoms with Gasteiger partial charge in [-0.2, -0.15) is 31.4 Å². The summed E-state index contributed by atoms with van der Waals surface area (Å²) in [6.07, 6.45) is -2.18. The Bertz CT molecular complexity index is 1380. The smallest absolute Gasteiger partial charge is 0.416 e. The van der Waals surface area contributed by atoms with Crippen molar-refractivity contribution in [3.8, 4) is 5.75 Å². The molecule has 2 aromatic carbocycles. The molecule has 1 atom stereocenters. The molecule has 8 nitrogen and oxygen atoms in total. The number of hydrogen-bond donors (Lipinski definition) is 1. The van der Waals surface area contributed by atoms with E-state index in [-0.39, 0.29) is 30.8 Å². The van der Waals surface area contributed by atoms with E-state index in [2.05, 4.69) is 10.4 Å². The molecule has 1 aromatic heterocycles. The number of rotatable bonds is 9. The fourth-order valence-electron chi connectivity index (χ4n) is 3.99. The van der Waals surface area contributed by atoms with E-state index in [4.69, 9.17) is 4.74 Å². The van der Waals surface area contributed by atoms with Gasteiger partial charge < -0.3 is 10.1 Å². The summed E-state index contributed by atoms with van der Waals surface area (Å²) in [6, 6.07) is 10.3. The van der Waals surface area contributed by atoms with Crippen molar-refractivity contribution in [2.45, 2.75) is 49.7 Å². The van der Waals surface area contributed by atoms with Crippen LogP contribution in [0.15, 0.2) is 65.8 Å². The molecule has 0 radical (unpaired) electrons. The highest BCUT2D eigenvalue weighted by atomic mass is 32.2. The molecule has 0 bridgehead atoms. The zero-order valence-corrected chi connectivity index (χ0v) is 20.6. The van der Waals surface area contributed by atoms with Gasteiger partial charge in [0.2, 0.25) is 15.9 Å². The van der Waals surface area contributed by atoms with E-state index in [0.717, 1.165) is 28.8 Å². The molecule has 1 amide bonds. The zero-order valence-electron chi connectivity index (χ0n) is 19.7. The Labute approximate surface area is 215 Å². The third kappa shape index (κ3) is 6.30. The van der Waals surface area contributed by atoms with Crippen molar-refractivity contribution < 1.29 is 39.9 Å². The van der Waals surface area contributed by atoms with Gasteiger partial charge in [-0.15, -0.1) is 0 Å². The van der Waals surface area contributed by atoms with Crippen LogP contribution in [0.1, 0.15) is 36.1 Å². The molecule has 2 heterocycles. The minimum absolute atomic E-state index is 0.0327.